The van der Waals surface area contributed by atoms with E-state index < -0.39 is 0 Å². The van der Waals surface area contributed by atoms with E-state index in [1.165, 1.54) is 6.92 Å². The van der Waals surface area contributed by atoms with E-state index in [0.717, 1.165) is 12.8 Å². The molecule has 0 spiro atoms. The molecule has 4 nitrogen and oxygen atoms in total. The maximum absolute atomic E-state index is 10.7. The van der Waals surface area contributed by atoms with Crippen molar-refractivity contribution in [2.75, 3.05) is 13.6 Å². The molecule has 0 saturated heterocycles. The van der Waals surface area contributed by atoms with Crippen LogP contribution in [-0.2, 0) is 9.59 Å². The van der Waals surface area contributed by atoms with Crippen LogP contribution in [0, 0.1) is 0 Å². The average molecular weight is 172 g/mol. The van der Waals surface area contributed by atoms with Crippen molar-refractivity contribution in [1.29, 1.82) is 0 Å². The fourth-order valence-corrected chi connectivity index (χ4v) is 0.806. The normalized spacial score (nSPS) is 9.50. The predicted molar refractivity (Wildman–Crippen MR) is 46.4 cm³/mol. The van der Waals surface area contributed by atoms with Gasteiger partial charge in [-0.25, -0.2) is 0 Å². The number of nitrogens with two attached hydrogens (primary N) is 1. The van der Waals surface area contributed by atoms with Crippen molar-refractivity contribution in [3.05, 3.63) is 0 Å². The second-order valence-electron chi connectivity index (χ2n) is 2.86. The Balaban J connectivity index is 3.31. The van der Waals surface area contributed by atoms with E-state index in [1.807, 2.05) is 0 Å². The van der Waals surface area contributed by atoms with E-state index in [2.05, 4.69) is 0 Å². The third-order valence-corrected chi connectivity index (χ3v) is 1.70. The van der Waals surface area contributed by atoms with E-state index in [4.69, 9.17) is 5.73 Å². The summed E-state index contributed by atoms with van der Waals surface area (Å²) in [5.41, 5.74) is 4.95. The second-order valence-corrected chi connectivity index (χ2v) is 2.86. The minimum absolute atomic E-state index is 0.0501. The van der Waals surface area contributed by atoms with E-state index in [-0.39, 0.29) is 11.8 Å². The maximum atomic E-state index is 10.7. The van der Waals surface area contributed by atoms with Crippen molar-refractivity contribution < 1.29 is 9.59 Å². The molecule has 2 N–H and O–H groups in total. The Kier molecular flexibility index (Phi) is 5.08. The van der Waals surface area contributed by atoms with Gasteiger partial charge in [0.05, 0.1) is 0 Å². The fraction of sp³-hybridized carbons (Fsp3) is 0.750. The van der Waals surface area contributed by atoms with Crippen LogP contribution in [0.25, 0.3) is 0 Å². The molecule has 0 rings (SSSR count). The molecule has 2 amide bonds. The zero-order valence-electron chi connectivity index (χ0n) is 7.67. The number of hydrogen-bond donors (Lipinski definition) is 1. The second kappa shape index (κ2) is 5.57. The number of nitrogens with zero attached hydrogens (tertiary/aromatic N) is 1. The summed E-state index contributed by atoms with van der Waals surface area (Å²) in [6.07, 6.45) is 2.00. The summed E-state index contributed by atoms with van der Waals surface area (Å²) >= 11 is 0. The lowest BCUT2D eigenvalue weighted by atomic mass is 10.2. The molecule has 0 atom stereocenters. The molecule has 0 aromatic carbocycles. The Bertz CT molecular complexity index is 168. The standard InChI is InChI=1S/C8H16N2O2/c1-7(11)10(2)6-4-3-5-8(9)12/h3-6H2,1-2H3,(H2,9,12). The number of unbranched alkanes of at least 4 members (excludes halogenated alkanes) is 1. The van der Waals surface area contributed by atoms with Gasteiger partial charge in [-0.3, -0.25) is 9.59 Å². The Morgan fingerprint density at radius 3 is 2.33 bits per heavy atom. The molecular formula is C8H16N2O2. The number of carbonyl (C=O) groups excluding carboxylic acids is 2. The van der Waals surface area contributed by atoms with Crippen molar-refractivity contribution in [3.63, 3.8) is 0 Å². The van der Waals surface area contributed by atoms with E-state index >= 15 is 0 Å². The Morgan fingerprint density at radius 1 is 1.33 bits per heavy atom. The molecule has 0 aliphatic heterocycles. The molecule has 0 heterocycles. The number of carbonyl (C=O) groups is 2. The van der Waals surface area contributed by atoms with Crippen LogP contribution >= 0.6 is 0 Å². The monoisotopic (exact) mass is 172 g/mol. The first-order chi connectivity index (χ1) is 5.54. The van der Waals surface area contributed by atoms with Gasteiger partial charge in [0.15, 0.2) is 0 Å². The molecule has 0 unspecified atom stereocenters. The average Bonchev–Trinajstić information content (AvgIpc) is 1.97. The topological polar surface area (TPSA) is 63.4 Å². The van der Waals surface area contributed by atoms with Gasteiger partial charge in [0, 0.05) is 26.9 Å². The summed E-state index contributed by atoms with van der Waals surface area (Å²) in [7, 11) is 1.74. The fourth-order valence-electron chi connectivity index (χ4n) is 0.806. The van der Waals surface area contributed by atoms with Crippen molar-refractivity contribution in [1.82, 2.24) is 4.90 Å². The third kappa shape index (κ3) is 5.70. The van der Waals surface area contributed by atoms with Gasteiger partial charge in [-0.15, -0.1) is 0 Å². The van der Waals surface area contributed by atoms with Gasteiger partial charge in [0.2, 0.25) is 11.8 Å². The molecule has 0 bridgehead atoms. The number of primary amides is 1. The molecule has 0 aromatic rings. The Morgan fingerprint density at radius 2 is 1.92 bits per heavy atom. The SMILES string of the molecule is CC(=O)N(C)CCCCC(N)=O. The first-order valence-corrected chi connectivity index (χ1v) is 4.04. The van der Waals surface area contributed by atoms with Crippen LogP contribution in [0.4, 0.5) is 0 Å². The highest BCUT2D eigenvalue weighted by Gasteiger charge is 2.01. The van der Waals surface area contributed by atoms with E-state index in [0.29, 0.717) is 13.0 Å². The number of rotatable bonds is 5. The molecule has 0 fully saturated rings. The van der Waals surface area contributed by atoms with Crippen molar-refractivity contribution in [2.45, 2.75) is 26.2 Å². The lowest BCUT2D eigenvalue weighted by molar-refractivity contribution is -0.127. The largest absolute Gasteiger partial charge is 0.370 e. The van der Waals surface area contributed by atoms with Crippen molar-refractivity contribution in [3.8, 4) is 0 Å². The first kappa shape index (κ1) is 10.9. The zero-order chi connectivity index (χ0) is 9.56. The third-order valence-electron chi connectivity index (χ3n) is 1.70. The highest BCUT2D eigenvalue weighted by Crippen LogP contribution is 1.96. The molecule has 0 aliphatic rings. The van der Waals surface area contributed by atoms with Crippen LogP contribution in [0.5, 0.6) is 0 Å². The quantitative estimate of drug-likeness (QED) is 0.599. The van der Waals surface area contributed by atoms with Crippen molar-refractivity contribution in [2.24, 2.45) is 5.73 Å². The first-order valence-electron chi connectivity index (χ1n) is 4.04. The van der Waals surface area contributed by atoms with Gasteiger partial charge >= 0.3 is 0 Å². The molecule has 0 aliphatic carbocycles. The van der Waals surface area contributed by atoms with Gasteiger partial charge in [-0.05, 0) is 12.8 Å². The van der Waals surface area contributed by atoms with Gasteiger partial charge in [0.25, 0.3) is 0 Å². The minimum atomic E-state index is -0.277. The summed E-state index contributed by atoms with van der Waals surface area (Å²) in [5, 5.41) is 0. The van der Waals surface area contributed by atoms with Crippen LogP contribution in [0.3, 0.4) is 0 Å². The number of hydrogen-bond acceptors (Lipinski definition) is 2. The smallest absolute Gasteiger partial charge is 0.219 e. The highest BCUT2D eigenvalue weighted by molar-refractivity contribution is 5.73. The molecule has 0 aromatic heterocycles. The molecular weight excluding hydrogens is 156 g/mol. The molecule has 4 heteroatoms. The molecule has 70 valence electrons. The molecule has 0 saturated carbocycles. The van der Waals surface area contributed by atoms with Gasteiger partial charge in [-0.1, -0.05) is 0 Å². The van der Waals surface area contributed by atoms with Crippen molar-refractivity contribution >= 4 is 11.8 Å². The van der Waals surface area contributed by atoms with Gasteiger partial charge in [-0.2, -0.15) is 0 Å². The van der Waals surface area contributed by atoms with Crippen LogP contribution < -0.4 is 5.73 Å². The zero-order valence-corrected chi connectivity index (χ0v) is 7.67. The van der Waals surface area contributed by atoms with Crippen LogP contribution in [-0.4, -0.2) is 30.3 Å². The van der Waals surface area contributed by atoms with Gasteiger partial charge in [0.1, 0.15) is 0 Å². The summed E-state index contributed by atoms with van der Waals surface area (Å²) in [6.45, 7) is 2.22. The Labute approximate surface area is 72.7 Å². The highest BCUT2D eigenvalue weighted by atomic mass is 16.2. The predicted octanol–water partition coefficient (Wildman–Crippen LogP) is 0.120. The lowest BCUT2D eigenvalue weighted by Crippen LogP contribution is -2.25. The van der Waals surface area contributed by atoms with Gasteiger partial charge < -0.3 is 10.6 Å². The van der Waals surface area contributed by atoms with E-state index in [9.17, 15) is 9.59 Å². The summed E-state index contributed by atoms with van der Waals surface area (Å²) in [4.78, 5) is 22.7. The van der Waals surface area contributed by atoms with Crippen LogP contribution in [0.15, 0.2) is 0 Å². The molecule has 12 heavy (non-hydrogen) atoms. The summed E-state index contributed by atoms with van der Waals surface area (Å²) in [5.74, 6) is -0.227. The number of amides is 2. The van der Waals surface area contributed by atoms with Crippen LogP contribution in [0.1, 0.15) is 26.2 Å². The summed E-state index contributed by atoms with van der Waals surface area (Å²) < 4.78 is 0. The summed E-state index contributed by atoms with van der Waals surface area (Å²) in [6, 6.07) is 0. The lowest BCUT2D eigenvalue weighted by Gasteiger charge is -2.13. The molecule has 0 radical (unpaired) electrons. The van der Waals surface area contributed by atoms with Crippen LogP contribution in [0.2, 0.25) is 0 Å². The Hall–Kier alpha value is -1.06. The van der Waals surface area contributed by atoms with E-state index in [1.54, 1.807) is 11.9 Å². The maximum Gasteiger partial charge on any atom is 0.219 e. The minimum Gasteiger partial charge on any atom is -0.370 e.